The summed E-state index contributed by atoms with van der Waals surface area (Å²) < 4.78 is 22.8. The monoisotopic (exact) mass is 453 g/mol. The molecule has 1 saturated heterocycles. The van der Waals surface area contributed by atoms with Gasteiger partial charge in [0.25, 0.3) is 0 Å². The minimum Gasteiger partial charge on any atom is -0.394 e. The predicted molar refractivity (Wildman–Crippen MR) is 109 cm³/mol. The quantitative estimate of drug-likeness (QED) is 0.133. The summed E-state index contributed by atoms with van der Waals surface area (Å²) in [5.41, 5.74) is 29.5. The highest BCUT2D eigenvalue weighted by Gasteiger charge is 2.46. The zero-order valence-electron chi connectivity index (χ0n) is 17.6. The maximum atomic E-state index is 10.9. The SMILES string of the molecule is NC[C@@H]1CC[C@@H](N)[C@@H](O[C@H]2[C@H](O)[C@@H](O[C@H](CO)O[C@H](CO)[C@@H](O)CN)[C@H](N)C[C@@H]2N)O1. The van der Waals surface area contributed by atoms with E-state index in [0.717, 1.165) is 0 Å². The summed E-state index contributed by atoms with van der Waals surface area (Å²) in [4.78, 5) is 0. The summed E-state index contributed by atoms with van der Waals surface area (Å²) in [5, 5.41) is 39.7. The van der Waals surface area contributed by atoms with Crippen LogP contribution in [-0.4, -0.2) is 114 Å². The number of aliphatic hydroxyl groups is 4. The van der Waals surface area contributed by atoms with Crippen LogP contribution in [0, 0.1) is 0 Å². The number of rotatable bonds is 11. The Kier molecular flexibility index (Phi) is 10.9. The normalized spacial score (nSPS) is 39.8. The Labute approximate surface area is 181 Å². The van der Waals surface area contributed by atoms with E-state index in [9.17, 15) is 20.4 Å². The minimum absolute atomic E-state index is 0.162. The Morgan fingerprint density at radius 3 is 2.23 bits per heavy atom. The highest BCUT2D eigenvalue weighted by molar-refractivity contribution is 4.99. The molecule has 1 heterocycles. The third-order valence-electron chi connectivity index (χ3n) is 5.75. The zero-order chi connectivity index (χ0) is 23.1. The van der Waals surface area contributed by atoms with Crippen molar-refractivity contribution >= 4 is 0 Å². The lowest BCUT2D eigenvalue weighted by Crippen LogP contribution is -2.65. The molecule has 184 valence electrons. The fourth-order valence-electron chi connectivity index (χ4n) is 3.87. The van der Waals surface area contributed by atoms with E-state index in [-0.39, 0.29) is 19.1 Å². The van der Waals surface area contributed by atoms with Crippen LogP contribution in [0.3, 0.4) is 0 Å². The van der Waals surface area contributed by atoms with E-state index < -0.39 is 74.4 Å². The van der Waals surface area contributed by atoms with Crippen molar-refractivity contribution in [3.8, 4) is 0 Å². The van der Waals surface area contributed by atoms with Crippen LogP contribution >= 0.6 is 0 Å². The Morgan fingerprint density at radius 2 is 1.65 bits per heavy atom. The van der Waals surface area contributed by atoms with Crippen molar-refractivity contribution in [3.63, 3.8) is 0 Å². The molecule has 13 nitrogen and oxygen atoms in total. The van der Waals surface area contributed by atoms with Gasteiger partial charge in [0.05, 0.1) is 31.5 Å². The van der Waals surface area contributed by atoms with E-state index in [4.69, 9.17) is 47.6 Å². The highest BCUT2D eigenvalue weighted by atomic mass is 16.7. The molecular weight excluding hydrogens is 414 g/mol. The Bertz CT molecular complexity index is 523. The van der Waals surface area contributed by atoms with E-state index >= 15 is 0 Å². The molecule has 0 aromatic heterocycles. The Balaban J connectivity index is 2.05. The molecule has 0 spiro atoms. The molecule has 0 radical (unpaired) electrons. The van der Waals surface area contributed by atoms with Crippen LogP contribution in [0.5, 0.6) is 0 Å². The van der Waals surface area contributed by atoms with Gasteiger partial charge >= 0.3 is 0 Å². The largest absolute Gasteiger partial charge is 0.394 e. The second-order valence-electron chi connectivity index (χ2n) is 8.13. The van der Waals surface area contributed by atoms with Gasteiger partial charge in [0.2, 0.25) is 0 Å². The maximum absolute atomic E-state index is 10.9. The van der Waals surface area contributed by atoms with Crippen LogP contribution in [-0.2, 0) is 18.9 Å². The van der Waals surface area contributed by atoms with Gasteiger partial charge in [0.1, 0.15) is 24.4 Å². The van der Waals surface area contributed by atoms with Gasteiger partial charge < -0.3 is 68.0 Å². The van der Waals surface area contributed by atoms with E-state index in [1.165, 1.54) is 0 Å². The molecular formula is C18H39N5O8. The fourth-order valence-corrected chi connectivity index (χ4v) is 3.87. The second kappa shape index (κ2) is 12.6. The van der Waals surface area contributed by atoms with E-state index in [1.807, 2.05) is 0 Å². The van der Waals surface area contributed by atoms with Crippen molar-refractivity contribution < 1.29 is 39.4 Å². The van der Waals surface area contributed by atoms with Crippen molar-refractivity contribution in [1.29, 1.82) is 0 Å². The molecule has 0 aromatic rings. The molecule has 1 saturated carbocycles. The molecule has 2 fully saturated rings. The second-order valence-corrected chi connectivity index (χ2v) is 8.13. The molecule has 31 heavy (non-hydrogen) atoms. The molecule has 1 aliphatic carbocycles. The molecule has 0 amide bonds. The summed E-state index contributed by atoms with van der Waals surface area (Å²) in [6.45, 7) is -1.01. The molecule has 2 rings (SSSR count). The lowest BCUT2D eigenvalue weighted by atomic mass is 9.84. The molecule has 2 aliphatic rings. The first kappa shape index (κ1) is 26.7. The molecule has 0 unspecified atom stereocenters. The summed E-state index contributed by atoms with van der Waals surface area (Å²) in [6.07, 6.45) is -6.12. The van der Waals surface area contributed by atoms with E-state index in [0.29, 0.717) is 19.4 Å². The first-order valence-electron chi connectivity index (χ1n) is 10.6. The molecule has 1 aliphatic heterocycles. The molecule has 13 heteroatoms. The maximum Gasteiger partial charge on any atom is 0.181 e. The average molecular weight is 454 g/mol. The van der Waals surface area contributed by atoms with Crippen LogP contribution < -0.4 is 28.7 Å². The van der Waals surface area contributed by atoms with Crippen LogP contribution in [0.15, 0.2) is 0 Å². The van der Waals surface area contributed by atoms with Gasteiger partial charge in [-0.1, -0.05) is 0 Å². The molecule has 0 aromatic carbocycles. The van der Waals surface area contributed by atoms with Crippen molar-refractivity contribution in [1.82, 2.24) is 0 Å². The van der Waals surface area contributed by atoms with Crippen molar-refractivity contribution in [2.45, 2.75) is 86.6 Å². The van der Waals surface area contributed by atoms with Gasteiger partial charge in [-0.2, -0.15) is 0 Å². The molecule has 0 bridgehead atoms. The molecule has 14 N–H and O–H groups in total. The predicted octanol–water partition coefficient (Wildman–Crippen LogP) is -5.02. The first-order valence-corrected chi connectivity index (χ1v) is 10.6. The van der Waals surface area contributed by atoms with Crippen LogP contribution in [0.1, 0.15) is 19.3 Å². The lowest BCUT2D eigenvalue weighted by Gasteiger charge is -2.45. The van der Waals surface area contributed by atoms with Crippen LogP contribution in [0.25, 0.3) is 0 Å². The summed E-state index contributed by atoms with van der Waals surface area (Å²) in [5.74, 6) is 0. The minimum atomic E-state index is -1.28. The van der Waals surface area contributed by atoms with Crippen molar-refractivity contribution in [2.75, 3.05) is 26.3 Å². The summed E-state index contributed by atoms with van der Waals surface area (Å²) in [6, 6.07) is -1.71. The van der Waals surface area contributed by atoms with Crippen molar-refractivity contribution in [2.24, 2.45) is 28.7 Å². The van der Waals surface area contributed by atoms with Gasteiger partial charge in [-0.15, -0.1) is 0 Å². The number of aliphatic hydroxyl groups excluding tert-OH is 4. The van der Waals surface area contributed by atoms with Crippen LogP contribution in [0.2, 0.25) is 0 Å². The number of nitrogens with two attached hydrogens (primary N) is 5. The Hall–Kier alpha value is -0.520. The molecule has 11 atom stereocenters. The van der Waals surface area contributed by atoms with Gasteiger partial charge in [-0.25, -0.2) is 0 Å². The first-order chi connectivity index (χ1) is 14.7. The van der Waals surface area contributed by atoms with Gasteiger partial charge in [0, 0.05) is 25.2 Å². The fraction of sp³-hybridized carbons (Fsp3) is 1.00. The van der Waals surface area contributed by atoms with Gasteiger partial charge in [-0.3, -0.25) is 0 Å². The van der Waals surface area contributed by atoms with Gasteiger partial charge in [0.15, 0.2) is 12.6 Å². The highest BCUT2D eigenvalue weighted by Crippen LogP contribution is 2.28. The lowest BCUT2D eigenvalue weighted by molar-refractivity contribution is -0.282. The number of ether oxygens (including phenoxy) is 4. The standard InChI is InChI=1S/C18H39N5O8/c19-4-8-1-2-9(21)18(28-8)31-17-11(23)3-10(22)16(15(17)27)30-14(7-25)29-13(6-24)12(26)5-20/h8-18,24-27H,1-7,19-23H2/t8-,9+,10+,11-,12-,13+,14+,15+,16-,17+,18+/m0/s1. The summed E-state index contributed by atoms with van der Waals surface area (Å²) >= 11 is 0. The Morgan fingerprint density at radius 1 is 0.968 bits per heavy atom. The smallest absolute Gasteiger partial charge is 0.181 e. The van der Waals surface area contributed by atoms with Crippen molar-refractivity contribution in [3.05, 3.63) is 0 Å². The summed E-state index contributed by atoms with van der Waals surface area (Å²) in [7, 11) is 0. The number of hydrogen-bond donors (Lipinski definition) is 9. The van der Waals surface area contributed by atoms with E-state index in [1.54, 1.807) is 0 Å². The topological polar surface area (TPSA) is 248 Å². The zero-order valence-corrected chi connectivity index (χ0v) is 17.6. The third-order valence-corrected chi connectivity index (χ3v) is 5.75. The van der Waals surface area contributed by atoms with Crippen LogP contribution in [0.4, 0.5) is 0 Å². The average Bonchev–Trinajstić information content (AvgIpc) is 2.76. The van der Waals surface area contributed by atoms with E-state index in [2.05, 4.69) is 0 Å². The van der Waals surface area contributed by atoms with Gasteiger partial charge in [-0.05, 0) is 19.3 Å². The number of hydrogen-bond acceptors (Lipinski definition) is 13. The third kappa shape index (κ3) is 6.98.